The number of nitrogens with one attached hydrogen (secondary N) is 1. The minimum atomic E-state index is -0.328. The maximum absolute atomic E-state index is 13.4. The van der Waals surface area contributed by atoms with Crippen LogP contribution in [0.1, 0.15) is 25.3 Å². The molecule has 1 heterocycles. The average molecular weight is 271 g/mol. The van der Waals surface area contributed by atoms with Crippen LogP contribution in [-0.2, 0) is 6.54 Å². The first-order valence-electron chi connectivity index (χ1n) is 6.38. The van der Waals surface area contributed by atoms with Gasteiger partial charge in [-0.3, -0.25) is 4.90 Å². The standard InChI is InChI=1S/C14H20ClFN2/c1-14(17-2)5-7-18(8-6-14)10-11-3-4-12(15)13(16)9-11/h3-4,9,17H,5-8,10H2,1-2H3. The molecule has 1 saturated heterocycles. The van der Waals surface area contributed by atoms with Gasteiger partial charge in [-0.2, -0.15) is 0 Å². The summed E-state index contributed by atoms with van der Waals surface area (Å²) in [4.78, 5) is 2.36. The van der Waals surface area contributed by atoms with E-state index in [1.54, 1.807) is 6.07 Å². The van der Waals surface area contributed by atoms with Crippen LogP contribution in [0.5, 0.6) is 0 Å². The van der Waals surface area contributed by atoms with Crippen LogP contribution < -0.4 is 5.32 Å². The monoisotopic (exact) mass is 270 g/mol. The maximum Gasteiger partial charge on any atom is 0.142 e. The third kappa shape index (κ3) is 3.22. The largest absolute Gasteiger partial charge is 0.314 e. The Labute approximate surface area is 113 Å². The summed E-state index contributed by atoms with van der Waals surface area (Å²) in [5, 5.41) is 3.57. The van der Waals surface area contributed by atoms with Crippen molar-refractivity contribution in [2.45, 2.75) is 31.8 Å². The Bertz CT molecular complexity index is 414. The zero-order chi connectivity index (χ0) is 13.2. The highest BCUT2D eigenvalue weighted by atomic mass is 35.5. The summed E-state index contributed by atoms with van der Waals surface area (Å²) in [6.45, 7) is 5.14. The molecule has 1 fully saturated rings. The van der Waals surface area contributed by atoms with Crippen LogP contribution in [0.2, 0.25) is 5.02 Å². The molecule has 0 unspecified atom stereocenters. The molecule has 0 bridgehead atoms. The lowest BCUT2D eigenvalue weighted by molar-refractivity contribution is 0.146. The van der Waals surface area contributed by atoms with Gasteiger partial charge in [0.1, 0.15) is 5.82 Å². The van der Waals surface area contributed by atoms with Gasteiger partial charge in [-0.25, -0.2) is 4.39 Å². The lowest BCUT2D eigenvalue weighted by Crippen LogP contribution is -2.49. The highest BCUT2D eigenvalue weighted by molar-refractivity contribution is 6.30. The van der Waals surface area contributed by atoms with Gasteiger partial charge in [-0.05, 0) is 44.5 Å². The number of likely N-dealkylation sites (tertiary alicyclic amines) is 1. The second-order valence-electron chi connectivity index (χ2n) is 5.34. The number of nitrogens with zero attached hydrogens (tertiary/aromatic N) is 1. The van der Waals surface area contributed by atoms with E-state index in [0.717, 1.165) is 38.0 Å². The highest BCUT2D eigenvalue weighted by Crippen LogP contribution is 2.23. The molecule has 4 heteroatoms. The van der Waals surface area contributed by atoms with Gasteiger partial charge in [0.2, 0.25) is 0 Å². The molecule has 100 valence electrons. The van der Waals surface area contributed by atoms with Gasteiger partial charge in [0.25, 0.3) is 0 Å². The fourth-order valence-electron chi connectivity index (χ4n) is 2.35. The summed E-state index contributed by atoms with van der Waals surface area (Å²) in [7, 11) is 2.02. The Morgan fingerprint density at radius 2 is 2.06 bits per heavy atom. The molecule has 1 aliphatic rings. The number of halogens is 2. The molecule has 2 nitrogen and oxygen atoms in total. The van der Waals surface area contributed by atoms with Crippen LogP contribution in [-0.4, -0.2) is 30.6 Å². The number of hydrogen-bond donors (Lipinski definition) is 1. The first-order chi connectivity index (χ1) is 8.52. The second kappa shape index (κ2) is 5.55. The van der Waals surface area contributed by atoms with Crippen molar-refractivity contribution in [1.29, 1.82) is 0 Å². The number of rotatable bonds is 3. The van der Waals surface area contributed by atoms with E-state index >= 15 is 0 Å². The van der Waals surface area contributed by atoms with Gasteiger partial charge in [-0.15, -0.1) is 0 Å². The van der Waals surface area contributed by atoms with Crippen molar-refractivity contribution in [3.8, 4) is 0 Å². The summed E-state index contributed by atoms with van der Waals surface area (Å²) in [5.41, 5.74) is 1.24. The molecule has 1 aromatic rings. The molecule has 0 radical (unpaired) electrons. The third-order valence-electron chi connectivity index (χ3n) is 3.95. The van der Waals surface area contributed by atoms with Gasteiger partial charge in [-0.1, -0.05) is 17.7 Å². The SMILES string of the molecule is CNC1(C)CCN(Cc2ccc(Cl)c(F)c2)CC1. The van der Waals surface area contributed by atoms with E-state index < -0.39 is 0 Å². The fraction of sp³-hybridized carbons (Fsp3) is 0.571. The predicted octanol–water partition coefficient (Wildman–Crippen LogP) is 3.05. The van der Waals surface area contributed by atoms with Crippen molar-refractivity contribution in [2.75, 3.05) is 20.1 Å². The zero-order valence-electron chi connectivity index (χ0n) is 11.0. The van der Waals surface area contributed by atoms with E-state index in [2.05, 4.69) is 17.1 Å². The summed E-state index contributed by atoms with van der Waals surface area (Å²) >= 11 is 5.68. The molecular formula is C14H20ClFN2. The summed E-state index contributed by atoms with van der Waals surface area (Å²) in [6, 6.07) is 5.07. The Kier molecular flexibility index (Phi) is 4.25. The summed E-state index contributed by atoms with van der Waals surface area (Å²) < 4.78 is 13.4. The van der Waals surface area contributed by atoms with Crippen molar-refractivity contribution in [3.63, 3.8) is 0 Å². The van der Waals surface area contributed by atoms with Gasteiger partial charge in [0.15, 0.2) is 0 Å². The van der Waals surface area contributed by atoms with Crippen LogP contribution >= 0.6 is 11.6 Å². The minimum Gasteiger partial charge on any atom is -0.314 e. The van der Waals surface area contributed by atoms with Crippen molar-refractivity contribution >= 4 is 11.6 Å². The molecular weight excluding hydrogens is 251 g/mol. The fourth-order valence-corrected chi connectivity index (χ4v) is 2.47. The molecule has 0 spiro atoms. The normalized spacial score (nSPS) is 20.0. The van der Waals surface area contributed by atoms with Crippen LogP contribution in [0.25, 0.3) is 0 Å². The van der Waals surface area contributed by atoms with Gasteiger partial charge in [0, 0.05) is 25.2 Å². The molecule has 0 saturated carbocycles. The van der Waals surface area contributed by atoms with E-state index in [9.17, 15) is 4.39 Å². The number of piperidine rings is 1. The molecule has 0 aliphatic carbocycles. The van der Waals surface area contributed by atoms with Crippen molar-refractivity contribution in [1.82, 2.24) is 10.2 Å². The van der Waals surface area contributed by atoms with Crippen molar-refractivity contribution in [2.24, 2.45) is 0 Å². The van der Waals surface area contributed by atoms with Crippen LogP contribution in [0.4, 0.5) is 4.39 Å². The first-order valence-corrected chi connectivity index (χ1v) is 6.75. The van der Waals surface area contributed by atoms with Crippen LogP contribution in [0.3, 0.4) is 0 Å². The third-order valence-corrected chi connectivity index (χ3v) is 4.26. The van der Waals surface area contributed by atoms with Crippen molar-refractivity contribution in [3.05, 3.63) is 34.6 Å². The predicted molar refractivity (Wildman–Crippen MR) is 73.4 cm³/mol. The highest BCUT2D eigenvalue weighted by Gasteiger charge is 2.28. The molecule has 1 N–H and O–H groups in total. The van der Waals surface area contributed by atoms with Gasteiger partial charge < -0.3 is 5.32 Å². The summed E-state index contributed by atoms with van der Waals surface area (Å²) in [5.74, 6) is -0.328. The van der Waals surface area contributed by atoms with E-state index in [-0.39, 0.29) is 16.4 Å². The topological polar surface area (TPSA) is 15.3 Å². The smallest absolute Gasteiger partial charge is 0.142 e. The Morgan fingerprint density at radius 3 is 2.61 bits per heavy atom. The van der Waals surface area contributed by atoms with E-state index in [4.69, 9.17) is 11.6 Å². The quantitative estimate of drug-likeness (QED) is 0.908. The van der Waals surface area contributed by atoms with Gasteiger partial charge >= 0.3 is 0 Å². The number of benzene rings is 1. The summed E-state index contributed by atoms with van der Waals surface area (Å²) in [6.07, 6.45) is 2.25. The molecule has 2 rings (SSSR count). The van der Waals surface area contributed by atoms with Crippen LogP contribution in [0, 0.1) is 5.82 Å². The Hall–Kier alpha value is -0.640. The molecule has 1 aliphatic heterocycles. The molecule has 0 atom stereocenters. The second-order valence-corrected chi connectivity index (χ2v) is 5.74. The lowest BCUT2D eigenvalue weighted by atomic mass is 9.90. The zero-order valence-corrected chi connectivity index (χ0v) is 11.7. The maximum atomic E-state index is 13.4. The van der Waals surface area contributed by atoms with E-state index in [1.807, 2.05) is 13.1 Å². The first kappa shape index (κ1) is 13.8. The molecule has 0 amide bonds. The number of hydrogen-bond acceptors (Lipinski definition) is 2. The van der Waals surface area contributed by atoms with Gasteiger partial charge in [0.05, 0.1) is 5.02 Å². The van der Waals surface area contributed by atoms with E-state index in [0.29, 0.717) is 0 Å². The molecule has 18 heavy (non-hydrogen) atoms. The Balaban J connectivity index is 1.93. The molecule has 0 aromatic heterocycles. The lowest BCUT2D eigenvalue weighted by Gasteiger charge is -2.39. The van der Waals surface area contributed by atoms with E-state index in [1.165, 1.54) is 6.07 Å². The molecule has 1 aromatic carbocycles. The Morgan fingerprint density at radius 1 is 1.39 bits per heavy atom. The van der Waals surface area contributed by atoms with Crippen LogP contribution in [0.15, 0.2) is 18.2 Å². The average Bonchev–Trinajstić information content (AvgIpc) is 2.37. The van der Waals surface area contributed by atoms with Crippen molar-refractivity contribution < 1.29 is 4.39 Å². The minimum absolute atomic E-state index is 0.195.